The van der Waals surface area contributed by atoms with Crippen LogP contribution < -0.4 is 21.2 Å². The van der Waals surface area contributed by atoms with Crippen LogP contribution in [0.25, 0.3) is 0 Å². The first kappa shape index (κ1) is 11.6. The fraction of sp³-hybridized carbons (Fsp3) is 0.200. The van der Waals surface area contributed by atoms with Crippen LogP contribution in [0.3, 0.4) is 0 Å². The molecule has 0 N–H and O–H groups in total. The molecule has 84 valence electrons. The monoisotopic (exact) mass is 323 g/mol. The predicted molar refractivity (Wildman–Crippen MR) is 64.5 cm³/mol. The molecule has 0 aliphatic heterocycles. The quantitative estimate of drug-likeness (QED) is 0.715. The van der Waals surface area contributed by atoms with Crippen LogP contribution in [-0.2, 0) is 0 Å². The Bertz CT molecular complexity index is 463. The molecule has 1 heteroatoms. The molecule has 0 bridgehead atoms. The van der Waals surface area contributed by atoms with Gasteiger partial charge in [-0.15, -0.1) is 0 Å². The van der Waals surface area contributed by atoms with Crippen molar-refractivity contribution in [1.29, 1.82) is 0 Å². The van der Waals surface area contributed by atoms with Gasteiger partial charge in [-0.25, -0.2) is 0 Å². The van der Waals surface area contributed by atoms with Gasteiger partial charge in [-0.1, -0.05) is 0 Å². The number of benzene rings is 2. The summed E-state index contributed by atoms with van der Waals surface area (Å²) < 4.78 is 3.01. The second-order valence-corrected chi connectivity index (χ2v) is 7.23. The van der Waals surface area contributed by atoms with Gasteiger partial charge in [-0.05, 0) is 0 Å². The van der Waals surface area contributed by atoms with E-state index in [9.17, 15) is 0 Å². The van der Waals surface area contributed by atoms with Gasteiger partial charge in [-0.3, -0.25) is 0 Å². The third-order valence-electron chi connectivity index (χ3n) is 2.42. The minimum absolute atomic E-state index is 0.0176. The predicted octanol–water partition coefficient (Wildman–Crippen LogP) is 0.740. The third kappa shape index (κ3) is 3.08. The van der Waals surface area contributed by atoms with Gasteiger partial charge in [0.15, 0.2) is 0 Å². The Kier molecular flexibility index (Phi) is 3.64. The van der Waals surface area contributed by atoms with E-state index in [0.29, 0.717) is 0 Å². The van der Waals surface area contributed by atoms with Crippen molar-refractivity contribution in [2.75, 3.05) is 0 Å². The Hall–Kier alpha value is -0.830. The zero-order valence-corrected chi connectivity index (χ0v) is 12.1. The molecular weight excluding hydrogens is 307 g/mol. The summed E-state index contributed by atoms with van der Waals surface area (Å²) in [5, 5.41) is 0. The molecule has 2 aromatic rings. The first-order chi connectivity index (χ1) is 7.63. The van der Waals surface area contributed by atoms with Crippen LogP contribution in [-0.4, -0.2) is 0 Å². The van der Waals surface area contributed by atoms with Crippen molar-refractivity contribution < 1.29 is 21.2 Å². The Morgan fingerprint density at radius 3 is 1.75 bits per heavy atom. The van der Waals surface area contributed by atoms with E-state index in [4.69, 9.17) is 0 Å². The van der Waals surface area contributed by atoms with E-state index in [1.165, 1.54) is 23.8 Å². The average Bonchev–Trinajstić information content (AvgIpc) is 2.20. The van der Waals surface area contributed by atoms with Gasteiger partial charge in [0, 0.05) is 0 Å². The number of hydrogen-bond acceptors (Lipinski definition) is 0. The first-order valence-corrected chi connectivity index (χ1v) is 7.59. The van der Waals surface area contributed by atoms with Gasteiger partial charge in [0.25, 0.3) is 0 Å². The molecule has 0 saturated heterocycles. The minimum atomic E-state index is -0.0176. The second kappa shape index (κ2) is 5.00. The summed E-state index contributed by atoms with van der Waals surface area (Å²) >= 11 is -0.0176. The molecule has 0 spiro atoms. The standard InChI is InChI=1S/C15H16I/c1-11-4-6-14(7-5-11)16-15-9-12(2)8-13(3)10-15/h4-10H,1-3H3/q-1. The number of halogens is 1. The SMILES string of the molecule is Cc1ccc([I-]c2cc(C)cc(C)c2)cc1. The molecule has 0 aliphatic carbocycles. The van der Waals surface area contributed by atoms with Crippen LogP contribution in [0.2, 0.25) is 0 Å². The molecule has 0 heterocycles. The normalized spacial score (nSPS) is 10.7. The van der Waals surface area contributed by atoms with Gasteiger partial charge in [-0.2, -0.15) is 0 Å². The fourth-order valence-corrected chi connectivity index (χ4v) is 4.43. The zero-order chi connectivity index (χ0) is 11.5. The molecule has 2 rings (SSSR count). The molecule has 0 aromatic heterocycles. The van der Waals surface area contributed by atoms with E-state index < -0.39 is 0 Å². The van der Waals surface area contributed by atoms with Crippen LogP contribution in [0.4, 0.5) is 0 Å². The Morgan fingerprint density at radius 1 is 0.625 bits per heavy atom. The van der Waals surface area contributed by atoms with Crippen molar-refractivity contribution in [1.82, 2.24) is 0 Å². The number of rotatable bonds is 2. The van der Waals surface area contributed by atoms with Crippen LogP contribution in [0, 0.1) is 27.9 Å². The summed E-state index contributed by atoms with van der Waals surface area (Å²) in [6, 6.07) is 15.8. The molecule has 16 heavy (non-hydrogen) atoms. The van der Waals surface area contributed by atoms with Crippen LogP contribution >= 0.6 is 0 Å². The Morgan fingerprint density at radius 2 is 1.19 bits per heavy atom. The van der Waals surface area contributed by atoms with Crippen LogP contribution in [0.1, 0.15) is 16.7 Å². The maximum absolute atomic E-state index is 2.32. The van der Waals surface area contributed by atoms with Gasteiger partial charge >= 0.3 is 108 Å². The summed E-state index contributed by atoms with van der Waals surface area (Å²) in [5.41, 5.74) is 4.09. The van der Waals surface area contributed by atoms with E-state index >= 15 is 0 Å². The van der Waals surface area contributed by atoms with Crippen molar-refractivity contribution in [3.05, 3.63) is 66.3 Å². The molecule has 0 atom stereocenters. The Labute approximate surface area is 108 Å². The molecule has 0 nitrogen and oxygen atoms in total. The summed E-state index contributed by atoms with van der Waals surface area (Å²) in [6.45, 7) is 6.49. The molecule has 0 saturated carbocycles. The maximum atomic E-state index is 2.32. The van der Waals surface area contributed by atoms with Gasteiger partial charge in [0.05, 0.1) is 0 Å². The summed E-state index contributed by atoms with van der Waals surface area (Å²) in [4.78, 5) is 0. The van der Waals surface area contributed by atoms with E-state index in [2.05, 4.69) is 63.2 Å². The van der Waals surface area contributed by atoms with Crippen LogP contribution in [0.5, 0.6) is 0 Å². The van der Waals surface area contributed by atoms with Crippen LogP contribution in [0.15, 0.2) is 42.5 Å². The number of aryl methyl sites for hydroxylation is 3. The summed E-state index contributed by atoms with van der Waals surface area (Å²) in [6.07, 6.45) is 0. The van der Waals surface area contributed by atoms with Crippen molar-refractivity contribution in [3.8, 4) is 0 Å². The van der Waals surface area contributed by atoms with Gasteiger partial charge in [0.2, 0.25) is 0 Å². The second-order valence-electron chi connectivity index (χ2n) is 4.20. The van der Waals surface area contributed by atoms with Gasteiger partial charge in [0.1, 0.15) is 0 Å². The third-order valence-corrected chi connectivity index (χ3v) is 5.00. The van der Waals surface area contributed by atoms with Crippen molar-refractivity contribution in [2.24, 2.45) is 0 Å². The van der Waals surface area contributed by atoms with Crippen molar-refractivity contribution in [3.63, 3.8) is 0 Å². The fourth-order valence-electron chi connectivity index (χ4n) is 1.70. The van der Waals surface area contributed by atoms with Crippen molar-refractivity contribution >= 4 is 0 Å². The van der Waals surface area contributed by atoms with Gasteiger partial charge < -0.3 is 0 Å². The zero-order valence-electron chi connectivity index (χ0n) is 9.92. The van der Waals surface area contributed by atoms with E-state index in [0.717, 1.165) is 0 Å². The number of hydrogen-bond donors (Lipinski definition) is 0. The summed E-state index contributed by atoms with van der Waals surface area (Å²) in [5.74, 6) is 0. The average molecular weight is 323 g/mol. The molecule has 0 amide bonds. The molecule has 2 aromatic carbocycles. The van der Waals surface area contributed by atoms with E-state index in [-0.39, 0.29) is 21.2 Å². The Balaban J connectivity index is 2.23. The van der Waals surface area contributed by atoms with E-state index in [1.807, 2.05) is 0 Å². The molecular formula is C15H16I-. The topological polar surface area (TPSA) is 0 Å². The first-order valence-electron chi connectivity index (χ1n) is 5.43. The molecule has 0 aliphatic rings. The molecule has 0 fully saturated rings. The van der Waals surface area contributed by atoms with E-state index in [1.54, 1.807) is 0 Å². The van der Waals surface area contributed by atoms with Crippen molar-refractivity contribution in [2.45, 2.75) is 20.8 Å². The summed E-state index contributed by atoms with van der Waals surface area (Å²) in [7, 11) is 0. The molecule has 0 radical (unpaired) electrons. The molecule has 0 unspecified atom stereocenters.